The summed E-state index contributed by atoms with van der Waals surface area (Å²) in [5.41, 5.74) is 1.19. The minimum Gasteiger partial charge on any atom is -0.467 e. The third kappa shape index (κ3) is 4.55. The number of amides is 2. The number of hydrogen-bond donors (Lipinski definition) is 3. The van der Waals surface area contributed by atoms with Gasteiger partial charge >= 0.3 is 6.03 Å². The highest BCUT2D eigenvalue weighted by atomic mass is 32.2. The molecule has 148 valence electrons. The number of benzene rings is 2. The van der Waals surface area contributed by atoms with Crippen LogP contribution in [0.25, 0.3) is 10.2 Å². The molecule has 4 aromatic rings. The first-order valence-electron chi connectivity index (χ1n) is 8.55. The molecule has 0 saturated carbocycles. The number of aromatic nitrogens is 1. The van der Waals surface area contributed by atoms with Crippen LogP contribution in [0.4, 0.5) is 15.6 Å². The van der Waals surface area contributed by atoms with Crippen LogP contribution in [0.1, 0.15) is 5.76 Å². The summed E-state index contributed by atoms with van der Waals surface area (Å²) in [5, 5.41) is 5.67. The number of hydrogen-bond acceptors (Lipinski definition) is 6. The number of urea groups is 1. The van der Waals surface area contributed by atoms with Crippen molar-refractivity contribution in [3.8, 4) is 0 Å². The molecule has 29 heavy (non-hydrogen) atoms. The summed E-state index contributed by atoms with van der Waals surface area (Å²) < 4.78 is 33.3. The molecule has 2 amide bonds. The van der Waals surface area contributed by atoms with E-state index in [1.54, 1.807) is 48.5 Å². The topological polar surface area (TPSA) is 113 Å². The van der Waals surface area contributed by atoms with Gasteiger partial charge in [0.15, 0.2) is 5.13 Å². The van der Waals surface area contributed by atoms with E-state index >= 15 is 0 Å². The molecule has 0 saturated heterocycles. The Kier molecular flexibility index (Phi) is 5.19. The Morgan fingerprint density at radius 3 is 2.66 bits per heavy atom. The van der Waals surface area contributed by atoms with Crippen molar-refractivity contribution in [1.82, 2.24) is 10.3 Å². The van der Waals surface area contributed by atoms with Crippen LogP contribution >= 0.6 is 11.3 Å². The summed E-state index contributed by atoms with van der Waals surface area (Å²) in [5.74, 6) is 0.647. The molecule has 2 aromatic carbocycles. The molecule has 0 atom stereocenters. The second kappa shape index (κ2) is 7.94. The number of furan rings is 1. The summed E-state index contributed by atoms with van der Waals surface area (Å²) >= 11 is 1.18. The van der Waals surface area contributed by atoms with E-state index in [1.165, 1.54) is 29.7 Å². The second-order valence-electron chi connectivity index (χ2n) is 6.01. The van der Waals surface area contributed by atoms with E-state index in [4.69, 9.17) is 4.42 Å². The molecular formula is C19H16N4O4S2. The number of sulfonamides is 1. The maximum absolute atomic E-state index is 12.4. The number of carbonyl (C=O) groups is 1. The maximum atomic E-state index is 12.4. The van der Waals surface area contributed by atoms with E-state index in [0.29, 0.717) is 17.0 Å². The van der Waals surface area contributed by atoms with Crippen LogP contribution < -0.4 is 15.4 Å². The van der Waals surface area contributed by atoms with E-state index in [-0.39, 0.29) is 22.6 Å². The van der Waals surface area contributed by atoms with Crippen LogP contribution in [-0.4, -0.2) is 19.4 Å². The Balaban J connectivity index is 1.45. The summed E-state index contributed by atoms with van der Waals surface area (Å²) in [6.45, 7) is 0.271. The van der Waals surface area contributed by atoms with Gasteiger partial charge in [-0.15, -0.1) is 0 Å². The van der Waals surface area contributed by atoms with Gasteiger partial charge in [0.05, 0.1) is 27.9 Å². The van der Waals surface area contributed by atoms with Gasteiger partial charge in [-0.1, -0.05) is 29.5 Å². The van der Waals surface area contributed by atoms with Gasteiger partial charge in [-0.3, -0.25) is 4.72 Å². The summed E-state index contributed by atoms with van der Waals surface area (Å²) in [6.07, 6.45) is 1.54. The van der Waals surface area contributed by atoms with E-state index in [0.717, 1.165) is 4.70 Å². The highest BCUT2D eigenvalue weighted by Crippen LogP contribution is 2.29. The summed E-state index contributed by atoms with van der Waals surface area (Å²) in [6, 6.07) is 16.4. The second-order valence-corrected chi connectivity index (χ2v) is 8.72. The minimum absolute atomic E-state index is 0.162. The van der Waals surface area contributed by atoms with Crippen LogP contribution in [0, 0.1) is 0 Å². The molecule has 2 aromatic heterocycles. The lowest BCUT2D eigenvalue weighted by Crippen LogP contribution is -2.27. The monoisotopic (exact) mass is 428 g/mol. The van der Waals surface area contributed by atoms with Gasteiger partial charge < -0.3 is 15.1 Å². The minimum atomic E-state index is -3.71. The molecule has 0 unspecified atom stereocenters. The predicted molar refractivity (Wildman–Crippen MR) is 111 cm³/mol. The molecule has 0 bridgehead atoms. The van der Waals surface area contributed by atoms with Crippen molar-refractivity contribution in [3.63, 3.8) is 0 Å². The molecule has 0 radical (unpaired) electrons. The van der Waals surface area contributed by atoms with Crippen molar-refractivity contribution >= 4 is 48.4 Å². The van der Waals surface area contributed by atoms with Gasteiger partial charge in [0.1, 0.15) is 5.76 Å². The van der Waals surface area contributed by atoms with E-state index in [9.17, 15) is 13.2 Å². The van der Waals surface area contributed by atoms with Crippen LogP contribution in [0.2, 0.25) is 0 Å². The fourth-order valence-corrected chi connectivity index (χ4v) is 4.74. The standard InChI is InChI=1S/C19H16N4O4S2/c24-18(20-12-14-5-4-10-27-14)21-13-8-9-16-17(11-13)28-19(22-16)23-29(25,26)15-6-2-1-3-7-15/h1-11H,12H2,(H,22,23)(H2,20,21,24). The van der Waals surface area contributed by atoms with Crippen LogP contribution in [0.5, 0.6) is 0 Å². The maximum Gasteiger partial charge on any atom is 0.319 e. The average Bonchev–Trinajstić information content (AvgIpc) is 3.35. The number of rotatable bonds is 6. The van der Waals surface area contributed by atoms with Gasteiger partial charge in [0, 0.05) is 5.69 Å². The van der Waals surface area contributed by atoms with Crippen LogP contribution in [-0.2, 0) is 16.6 Å². The fraction of sp³-hybridized carbons (Fsp3) is 0.0526. The predicted octanol–water partition coefficient (Wildman–Crippen LogP) is 4.01. The van der Waals surface area contributed by atoms with E-state index in [2.05, 4.69) is 20.3 Å². The van der Waals surface area contributed by atoms with Gasteiger partial charge in [0.25, 0.3) is 10.0 Å². The van der Waals surface area contributed by atoms with E-state index in [1.807, 2.05) is 0 Å². The number of nitrogens with zero attached hydrogens (tertiary/aromatic N) is 1. The van der Waals surface area contributed by atoms with E-state index < -0.39 is 10.0 Å². The SMILES string of the molecule is O=C(NCc1ccco1)Nc1ccc2nc(NS(=O)(=O)c3ccccc3)sc2c1. The highest BCUT2D eigenvalue weighted by Gasteiger charge is 2.16. The Morgan fingerprint density at radius 1 is 1.07 bits per heavy atom. The average molecular weight is 428 g/mol. The third-order valence-corrected chi connectivity index (χ3v) is 6.34. The lowest BCUT2D eigenvalue weighted by atomic mass is 10.3. The number of anilines is 2. The number of thiazole rings is 1. The molecule has 2 heterocycles. The van der Waals surface area contributed by atoms with Crippen molar-refractivity contribution in [1.29, 1.82) is 0 Å². The molecule has 0 spiro atoms. The zero-order valence-electron chi connectivity index (χ0n) is 15.0. The van der Waals surface area contributed by atoms with Crippen LogP contribution in [0.15, 0.2) is 76.2 Å². The Hall–Kier alpha value is -3.37. The molecule has 0 fully saturated rings. The molecule has 0 aliphatic rings. The zero-order valence-corrected chi connectivity index (χ0v) is 16.6. The molecule has 10 heteroatoms. The van der Waals surface area contributed by atoms with Gasteiger partial charge in [-0.2, -0.15) is 0 Å². The normalized spacial score (nSPS) is 11.3. The van der Waals surface area contributed by atoms with Crippen molar-refractivity contribution in [3.05, 3.63) is 72.7 Å². The number of fused-ring (bicyclic) bond motifs is 1. The summed E-state index contributed by atoms with van der Waals surface area (Å²) in [4.78, 5) is 16.5. The lowest BCUT2D eigenvalue weighted by Gasteiger charge is -2.06. The quantitative estimate of drug-likeness (QED) is 0.429. The fourth-order valence-electron chi connectivity index (χ4n) is 2.58. The first-order chi connectivity index (χ1) is 14.0. The van der Waals surface area contributed by atoms with Crippen molar-refractivity contribution < 1.29 is 17.6 Å². The molecule has 4 rings (SSSR count). The lowest BCUT2D eigenvalue weighted by molar-refractivity contribution is 0.251. The first kappa shape index (κ1) is 19.0. The van der Waals surface area contributed by atoms with Gasteiger partial charge in [0.2, 0.25) is 0 Å². The smallest absolute Gasteiger partial charge is 0.319 e. The van der Waals surface area contributed by atoms with Crippen molar-refractivity contribution in [2.45, 2.75) is 11.4 Å². The molecule has 3 N–H and O–H groups in total. The van der Waals surface area contributed by atoms with Crippen molar-refractivity contribution in [2.24, 2.45) is 0 Å². The summed E-state index contributed by atoms with van der Waals surface area (Å²) in [7, 11) is -3.71. The van der Waals surface area contributed by atoms with Gasteiger partial charge in [-0.05, 0) is 42.5 Å². The Bertz CT molecular complexity index is 1240. The Morgan fingerprint density at radius 2 is 1.90 bits per heavy atom. The van der Waals surface area contributed by atoms with Crippen molar-refractivity contribution in [2.75, 3.05) is 10.0 Å². The molecular weight excluding hydrogens is 412 g/mol. The van der Waals surface area contributed by atoms with Crippen LogP contribution in [0.3, 0.4) is 0 Å². The first-order valence-corrected chi connectivity index (χ1v) is 10.9. The third-order valence-electron chi connectivity index (χ3n) is 3.92. The zero-order chi connectivity index (χ0) is 20.3. The number of nitrogens with one attached hydrogen (secondary N) is 3. The van der Waals surface area contributed by atoms with Gasteiger partial charge in [-0.25, -0.2) is 18.2 Å². The largest absolute Gasteiger partial charge is 0.467 e. The Labute approximate surface area is 170 Å². The molecule has 0 aliphatic heterocycles. The number of carbonyl (C=O) groups excluding carboxylic acids is 1. The molecule has 0 aliphatic carbocycles. The molecule has 8 nitrogen and oxygen atoms in total. The highest BCUT2D eigenvalue weighted by molar-refractivity contribution is 7.93.